The molecule has 0 aromatic carbocycles. The number of nitrogens with one attached hydrogen (secondary N) is 1. The normalized spacial score (nSPS) is 22.9. The molecule has 1 heterocycles. The van der Waals surface area contributed by atoms with Crippen LogP contribution in [-0.4, -0.2) is 73.8 Å². The summed E-state index contributed by atoms with van der Waals surface area (Å²) in [6, 6.07) is 0.516. The van der Waals surface area contributed by atoms with Gasteiger partial charge in [0.1, 0.15) is 0 Å². The molecular formula is C11H24N2O3. The summed E-state index contributed by atoms with van der Waals surface area (Å²) in [5.74, 6) is 0. The van der Waals surface area contributed by atoms with E-state index >= 15 is 0 Å². The maximum Gasteiger partial charge on any atom is 0.0897 e. The molecule has 16 heavy (non-hydrogen) atoms. The van der Waals surface area contributed by atoms with Gasteiger partial charge in [-0.3, -0.25) is 4.90 Å². The second kappa shape index (κ2) is 7.97. The molecule has 0 amide bonds. The lowest BCUT2D eigenvalue weighted by Gasteiger charge is -2.26. The van der Waals surface area contributed by atoms with Crippen molar-refractivity contribution in [3.63, 3.8) is 0 Å². The first-order chi connectivity index (χ1) is 7.76. The van der Waals surface area contributed by atoms with Crippen LogP contribution in [0, 0.1) is 0 Å². The van der Waals surface area contributed by atoms with E-state index in [0.717, 1.165) is 19.6 Å². The van der Waals surface area contributed by atoms with Crippen molar-refractivity contribution in [2.24, 2.45) is 0 Å². The number of ether oxygens (including phenoxy) is 1. The lowest BCUT2D eigenvalue weighted by Crippen LogP contribution is -2.43. The number of aliphatic hydroxyl groups is 2. The Kier molecular flexibility index (Phi) is 6.91. The van der Waals surface area contributed by atoms with Crippen molar-refractivity contribution in [2.45, 2.75) is 25.0 Å². The maximum absolute atomic E-state index is 9.45. The van der Waals surface area contributed by atoms with E-state index in [1.54, 1.807) is 7.11 Å². The molecule has 2 atom stereocenters. The minimum Gasteiger partial charge on any atom is -0.394 e. The number of hydrogen-bond acceptors (Lipinski definition) is 5. The molecule has 5 heteroatoms. The van der Waals surface area contributed by atoms with Gasteiger partial charge < -0.3 is 20.3 Å². The van der Waals surface area contributed by atoms with Gasteiger partial charge in [-0.15, -0.1) is 0 Å². The summed E-state index contributed by atoms with van der Waals surface area (Å²) in [4.78, 5) is 2.15. The molecule has 2 unspecified atom stereocenters. The number of methoxy groups -OCH3 is 1. The van der Waals surface area contributed by atoms with Crippen LogP contribution in [0.15, 0.2) is 0 Å². The fourth-order valence-corrected chi connectivity index (χ4v) is 2.06. The molecule has 3 N–H and O–H groups in total. The summed E-state index contributed by atoms with van der Waals surface area (Å²) < 4.78 is 5.05. The first-order valence-electron chi connectivity index (χ1n) is 6.00. The molecule has 0 aromatic heterocycles. The first-order valence-corrected chi connectivity index (χ1v) is 6.00. The van der Waals surface area contributed by atoms with Crippen LogP contribution in [0.25, 0.3) is 0 Å². The molecule has 96 valence electrons. The van der Waals surface area contributed by atoms with Gasteiger partial charge in [0.2, 0.25) is 0 Å². The van der Waals surface area contributed by atoms with Crippen LogP contribution in [0.2, 0.25) is 0 Å². The Morgan fingerprint density at radius 1 is 1.56 bits per heavy atom. The fraction of sp³-hybridized carbons (Fsp3) is 1.00. The molecule has 5 nitrogen and oxygen atoms in total. The highest BCUT2D eigenvalue weighted by atomic mass is 16.5. The average molecular weight is 232 g/mol. The summed E-state index contributed by atoms with van der Waals surface area (Å²) in [5.41, 5.74) is 0. The van der Waals surface area contributed by atoms with Crippen molar-refractivity contribution >= 4 is 0 Å². The lowest BCUT2D eigenvalue weighted by molar-refractivity contribution is 0.0470. The Morgan fingerprint density at radius 3 is 2.94 bits per heavy atom. The lowest BCUT2D eigenvalue weighted by atomic mass is 10.2. The minimum absolute atomic E-state index is 0.179. The molecule has 1 fully saturated rings. The highest BCUT2D eigenvalue weighted by Crippen LogP contribution is 2.07. The minimum atomic E-state index is -0.654. The molecule has 0 aromatic rings. The number of aliphatic hydroxyl groups excluding tert-OH is 2. The topological polar surface area (TPSA) is 65.0 Å². The predicted molar refractivity (Wildman–Crippen MR) is 62.4 cm³/mol. The van der Waals surface area contributed by atoms with E-state index in [-0.39, 0.29) is 6.61 Å². The van der Waals surface area contributed by atoms with Crippen molar-refractivity contribution in [1.29, 1.82) is 0 Å². The van der Waals surface area contributed by atoms with E-state index in [2.05, 4.69) is 10.2 Å². The van der Waals surface area contributed by atoms with Gasteiger partial charge in [0.25, 0.3) is 0 Å². The summed E-state index contributed by atoms with van der Waals surface area (Å²) in [5, 5.41) is 21.7. The van der Waals surface area contributed by atoms with E-state index in [0.29, 0.717) is 19.2 Å². The van der Waals surface area contributed by atoms with Gasteiger partial charge in [0.05, 0.1) is 19.3 Å². The SMILES string of the molecule is COCCN(CC(O)CO)CC1CCCN1. The second-order valence-corrected chi connectivity index (χ2v) is 4.38. The van der Waals surface area contributed by atoms with Crippen molar-refractivity contribution in [2.75, 3.05) is 46.5 Å². The third kappa shape index (κ3) is 5.23. The Balaban J connectivity index is 2.29. The van der Waals surface area contributed by atoms with Crippen molar-refractivity contribution < 1.29 is 14.9 Å². The molecule has 1 saturated heterocycles. The Bertz CT molecular complexity index is 175. The third-order valence-corrected chi connectivity index (χ3v) is 2.93. The van der Waals surface area contributed by atoms with Crippen LogP contribution in [-0.2, 0) is 4.74 Å². The summed E-state index contributed by atoms with van der Waals surface area (Å²) in [7, 11) is 1.68. The van der Waals surface area contributed by atoms with Crippen LogP contribution in [0.3, 0.4) is 0 Å². The van der Waals surface area contributed by atoms with Crippen molar-refractivity contribution in [3.05, 3.63) is 0 Å². The molecule has 0 spiro atoms. The van der Waals surface area contributed by atoms with Gasteiger partial charge in [-0.25, -0.2) is 0 Å². The Hall–Kier alpha value is -0.200. The van der Waals surface area contributed by atoms with Gasteiger partial charge in [0, 0.05) is 32.8 Å². The highest BCUT2D eigenvalue weighted by molar-refractivity contribution is 4.78. The van der Waals surface area contributed by atoms with Crippen molar-refractivity contribution in [3.8, 4) is 0 Å². The van der Waals surface area contributed by atoms with Crippen LogP contribution < -0.4 is 5.32 Å². The zero-order valence-electron chi connectivity index (χ0n) is 10.1. The maximum atomic E-state index is 9.45. The van der Waals surface area contributed by atoms with Crippen molar-refractivity contribution in [1.82, 2.24) is 10.2 Å². The molecule has 1 aliphatic rings. The highest BCUT2D eigenvalue weighted by Gasteiger charge is 2.19. The zero-order valence-corrected chi connectivity index (χ0v) is 10.1. The van der Waals surface area contributed by atoms with E-state index in [9.17, 15) is 5.11 Å². The smallest absolute Gasteiger partial charge is 0.0897 e. The molecular weight excluding hydrogens is 208 g/mol. The monoisotopic (exact) mass is 232 g/mol. The number of hydrogen-bond donors (Lipinski definition) is 3. The summed E-state index contributed by atoms with van der Waals surface area (Å²) >= 11 is 0. The van der Waals surface area contributed by atoms with Crippen LogP contribution in [0.1, 0.15) is 12.8 Å². The Labute approximate surface area is 97.4 Å². The number of rotatable bonds is 8. The Morgan fingerprint density at radius 2 is 2.38 bits per heavy atom. The van der Waals surface area contributed by atoms with Gasteiger partial charge in [-0.1, -0.05) is 0 Å². The van der Waals surface area contributed by atoms with Gasteiger partial charge in [-0.05, 0) is 19.4 Å². The first kappa shape index (κ1) is 13.9. The van der Waals surface area contributed by atoms with Gasteiger partial charge in [0.15, 0.2) is 0 Å². The fourth-order valence-electron chi connectivity index (χ4n) is 2.06. The molecule has 0 radical (unpaired) electrons. The molecule has 1 rings (SSSR count). The van der Waals surface area contributed by atoms with E-state index in [4.69, 9.17) is 9.84 Å². The standard InChI is InChI=1S/C11H24N2O3/c1-16-6-5-13(8-11(15)9-14)7-10-3-2-4-12-10/h10-12,14-15H,2-9H2,1H3. The van der Waals surface area contributed by atoms with E-state index < -0.39 is 6.10 Å². The van der Waals surface area contributed by atoms with Crippen LogP contribution in [0.4, 0.5) is 0 Å². The average Bonchev–Trinajstić information content (AvgIpc) is 2.78. The molecule has 0 aliphatic carbocycles. The quantitative estimate of drug-likeness (QED) is 0.503. The second-order valence-electron chi connectivity index (χ2n) is 4.38. The molecule has 1 aliphatic heterocycles. The predicted octanol–water partition coefficient (Wildman–Crippen LogP) is -0.960. The summed E-state index contributed by atoms with van der Waals surface area (Å²) in [6.45, 7) is 3.79. The van der Waals surface area contributed by atoms with E-state index in [1.807, 2.05) is 0 Å². The zero-order chi connectivity index (χ0) is 11.8. The van der Waals surface area contributed by atoms with Gasteiger partial charge in [-0.2, -0.15) is 0 Å². The number of nitrogens with zero attached hydrogens (tertiary/aromatic N) is 1. The van der Waals surface area contributed by atoms with E-state index in [1.165, 1.54) is 12.8 Å². The molecule has 0 bridgehead atoms. The van der Waals surface area contributed by atoms with Crippen LogP contribution >= 0.6 is 0 Å². The van der Waals surface area contributed by atoms with Gasteiger partial charge >= 0.3 is 0 Å². The summed E-state index contributed by atoms with van der Waals surface area (Å²) in [6.07, 6.45) is 1.77. The largest absolute Gasteiger partial charge is 0.394 e. The third-order valence-electron chi connectivity index (χ3n) is 2.93. The van der Waals surface area contributed by atoms with Crippen LogP contribution in [0.5, 0.6) is 0 Å². The molecule has 0 saturated carbocycles.